The number of aromatic nitrogens is 2. The quantitative estimate of drug-likeness (QED) is 0.721. The van der Waals surface area contributed by atoms with Gasteiger partial charge in [-0.3, -0.25) is 4.79 Å². The molecule has 2 rings (SSSR count). The fourth-order valence-corrected chi connectivity index (χ4v) is 3.06. The molecule has 0 unspecified atom stereocenters. The molecule has 1 amide bonds. The van der Waals surface area contributed by atoms with Crippen LogP contribution in [0.25, 0.3) is 5.69 Å². The monoisotopic (exact) mass is 357 g/mol. The minimum atomic E-state index is 0.0107. The second kappa shape index (κ2) is 9.53. The first-order valence-corrected chi connectivity index (χ1v) is 9.72. The predicted octanol–water partition coefficient (Wildman–Crippen LogP) is 1.96. The minimum absolute atomic E-state index is 0.0107. The summed E-state index contributed by atoms with van der Waals surface area (Å²) in [6.07, 6.45) is 3.60. The van der Waals surface area contributed by atoms with Crippen molar-refractivity contribution >= 4 is 5.91 Å². The molecule has 0 aliphatic heterocycles. The molecule has 0 saturated carbocycles. The van der Waals surface area contributed by atoms with Gasteiger partial charge < -0.3 is 10.2 Å². The molecule has 2 N–H and O–H groups in total. The highest BCUT2D eigenvalue weighted by atomic mass is 16.1. The zero-order chi connectivity index (χ0) is 19.1. The van der Waals surface area contributed by atoms with Gasteiger partial charge in [0.2, 0.25) is 0 Å². The van der Waals surface area contributed by atoms with E-state index >= 15 is 0 Å². The Bertz CT molecular complexity index is 716. The maximum absolute atomic E-state index is 12.9. The highest BCUT2D eigenvalue weighted by Gasteiger charge is 2.23. The number of hydrogen-bond donors (Lipinski definition) is 2. The molecular formula is C21H33N4O+. The van der Waals surface area contributed by atoms with E-state index in [4.69, 9.17) is 5.10 Å². The fraction of sp³-hybridized carbons (Fsp3) is 0.524. The lowest BCUT2D eigenvalue weighted by Gasteiger charge is -2.11. The van der Waals surface area contributed by atoms with Gasteiger partial charge in [-0.2, -0.15) is 5.10 Å². The van der Waals surface area contributed by atoms with Crippen LogP contribution in [0.3, 0.4) is 0 Å². The summed E-state index contributed by atoms with van der Waals surface area (Å²) < 4.78 is 1.97. The Balaban J connectivity index is 2.43. The van der Waals surface area contributed by atoms with Gasteiger partial charge in [0.25, 0.3) is 5.91 Å². The molecule has 0 aliphatic rings. The molecule has 0 atom stereocenters. The number of benzene rings is 1. The van der Waals surface area contributed by atoms with Crippen molar-refractivity contribution in [2.75, 3.05) is 27.2 Å². The van der Waals surface area contributed by atoms with Crippen LogP contribution < -0.4 is 10.2 Å². The molecule has 0 saturated heterocycles. The van der Waals surface area contributed by atoms with Crippen LogP contribution in [-0.2, 0) is 12.8 Å². The van der Waals surface area contributed by atoms with E-state index in [0.29, 0.717) is 6.54 Å². The van der Waals surface area contributed by atoms with Crippen molar-refractivity contribution < 1.29 is 9.69 Å². The van der Waals surface area contributed by atoms with Gasteiger partial charge in [0, 0.05) is 0 Å². The number of hydrogen-bond acceptors (Lipinski definition) is 2. The van der Waals surface area contributed by atoms with Crippen molar-refractivity contribution in [3.63, 3.8) is 0 Å². The Kier molecular flexibility index (Phi) is 7.39. The van der Waals surface area contributed by atoms with Crippen molar-refractivity contribution in [3.8, 4) is 5.69 Å². The fourth-order valence-electron chi connectivity index (χ4n) is 3.06. The van der Waals surface area contributed by atoms with E-state index in [9.17, 15) is 4.79 Å². The van der Waals surface area contributed by atoms with Crippen molar-refractivity contribution in [3.05, 3.63) is 46.8 Å². The lowest BCUT2D eigenvalue weighted by molar-refractivity contribution is -0.856. The summed E-state index contributed by atoms with van der Waals surface area (Å²) in [5.74, 6) is 0.0107. The van der Waals surface area contributed by atoms with Crippen molar-refractivity contribution in [2.45, 2.75) is 46.5 Å². The van der Waals surface area contributed by atoms with E-state index < -0.39 is 0 Å². The summed E-state index contributed by atoms with van der Waals surface area (Å²) in [6, 6.07) is 8.33. The van der Waals surface area contributed by atoms with Crippen LogP contribution in [-0.4, -0.2) is 42.9 Å². The van der Waals surface area contributed by atoms with Crippen LogP contribution >= 0.6 is 0 Å². The smallest absolute Gasteiger partial charge is 0.255 e. The molecular weight excluding hydrogens is 324 g/mol. The topological polar surface area (TPSA) is 51.4 Å². The van der Waals surface area contributed by atoms with Crippen LogP contribution in [0.15, 0.2) is 24.3 Å². The second-order valence-corrected chi connectivity index (χ2v) is 7.23. The standard InChI is InChI=1S/C21H32N4O/c1-6-8-18-20(21(26)22-14-15-24(4)5)19(9-7-2)25(23-18)17-12-10-16(3)11-13-17/h10-13H,6-9,14-15H2,1-5H3,(H,22,26)/p+1. The van der Waals surface area contributed by atoms with E-state index in [1.807, 2.05) is 4.68 Å². The third-order valence-corrected chi connectivity index (χ3v) is 4.44. The number of carbonyl (C=O) groups is 1. The van der Waals surface area contributed by atoms with Crippen LogP contribution in [0.2, 0.25) is 0 Å². The van der Waals surface area contributed by atoms with Crippen molar-refractivity contribution in [1.82, 2.24) is 15.1 Å². The Labute approximate surface area is 157 Å². The minimum Gasteiger partial charge on any atom is -0.346 e. The number of nitrogens with one attached hydrogen (secondary N) is 2. The molecule has 26 heavy (non-hydrogen) atoms. The average Bonchev–Trinajstić information content (AvgIpc) is 2.94. The van der Waals surface area contributed by atoms with E-state index in [2.05, 4.69) is 64.4 Å². The van der Waals surface area contributed by atoms with Crippen LogP contribution in [0.1, 0.15) is 54.0 Å². The SMILES string of the molecule is CCCc1nn(-c2ccc(C)cc2)c(CCC)c1C(=O)NCC[NH+](C)C. The third-order valence-electron chi connectivity index (χ3n) is 4.44. The predicted molar refractivity (Wildman–Crippen MR) is 106 cm³/mol. The van der Waals surface area contributed by atoms with Gasteiger partial charge in [-0.1, -0.05) is 44.4 Å². The molecule has 1 aromatic heterocycles. The number of quaternary nitrogens is 1. The van der Waals surface area contributed by atoms with Gasteiger partial charge in [-0.25, -0.2) is 4.68 Å². The van der Waals surface area contributed by atoms with E-state index in [-0.39, 0.29) is 5.91 Å². The molecule has 5 nitrogen and oxygen atoms in total. The number of carbonyl (C=O) groups excluding carboxylic acids is 1. The van der Waals surface area contributed by atoms with E-state index in [0.717, 1.165) is 54.9 Å². The van der Waals surface area contributed by atoms with Gasteiger partial charge in [0.15, 0.2) is 0 Å². The lowest BCUT2D eigenvalue weighted by atomic mass is 10.1. The summed E-state index contributed by atoms with van der Waals surface area (Å²) in [4.78, 5) is 14.3. The summed E-state index contributed by atoms with van der Waals surface area (Å²) in [5, 5.41) is 7.92. The highest BCUT2D eigenvalue weighted by Crippen LogP contribution is 2.22. The first kappa shape index (κ1) is 20.2. The largest absolute Gasteiger partial charge is 0.346 e. The first-order chi connectivity index (χ1) is 12.5. The molecule has 0 spiro atoms. The Morgan fingerprint density at radius 1 is 1.12 bits per heavy atom. The molecule has 142 valence electrons. The Hall–Kier alpha value is -2.14. The van der Waals surface area contributed by atoms with E-state index in [1.165, 1.54) is 10.5 Å². The number of likely N-dealkylation sites (N-methyl/N-ethyl adjacent to an activating group) is 1. The Morgan fingerprint density at radius 2 is 1.77 bits per heavy atom. The van der Waals surface area contributed by atoms with Crippen molar-refractivity contribution in [2.24, 2.45) is 0 Å². The number of amides is 1. The van der Waals surface area contributed by atoms with Crippen LogP contribution in [0, 0.1) is 6.92 Å². The molecule has 0 bridgehead atoms. The maximum atomic E-state index is 12.9. The van der Waals surface area contributed by atoms with Crippen LogP contribution in [0.4, 0.5) is 0 Å². The van der Waals surface area contributed by atoms with Gasteiger partial charge >= 0.3 is 0 Å². The molecule has 0 fully saturated rings. The van der Waals surface area contributed by atoms with Gasteiger partial charge in [-0.05, 0) is 31.9 Å². The number of nitrogens with zero attached hydrogens (tertiary/aromatic N) is 2. The zero-order valence-electron chi connectivity index (χ0n) is 16.9. The van der Waals surface area contributed by atoms with Gasteiger partial charge in [0.1, 0.15) is 0 Å². The molecule has 2 aromatic rings. The molecule has 5 heteroatoms. The van der Waals surface area contributed by atoms with Gasteiger partial charge in [-0.15, -0.1) is 0 Å². The lowest BCUT2D eigenvalue weighted by Crippen LogP contribution is -3.06. The maximum Gasteiger partial charge on any atom is 0.255 e. The summed E-state index contributed by atoms with van der Waals surface area (Å²) in [6.45, 7) is 7.93. The first-order valence-electron chi connectivity index (χ1n) is 9.72. The number of aryl methyl sites for hydroxylation is 2. The number of rotatable bonds is 9. The third kappa shape index (κ3) is 4.94. The van der Waals surface area contributed by atoms with Gasteiger partial charge in [0.05, 0.1) is 49.8 Å². The summed E-state index contributed by atoms with van der Waals surface area (Å²) >= 11 is 0. The molecule has 0 aliphatic carbocycles. The zero-order valence-corrected chi connectivity index (χ0v) is 16.9. The Morgan fingerprint density at radius 3 is 2.35 bits per heavy atom. The van der Waals surface area contributed by atoms with E-state index in [1.54, 1.807) is 0 Å². The average molecular weight is 358 g/mol. The van der Waals surface area contributed by atoms with Crippen molar-refractivity contribution in [1.29, 1.82) is 0 Å². The highest BCUT2D eigenvalue weighted by molar-refractivity contribution is 5.96. The summed E-state index contributed by atoms with van der Waals surface area (Å²) in [5.41, 5.74) is 4.95. The van der Waals surface area contributed by atoms with Crippen LogP contribution in [0.5, 0.6) is 0 Å². The molecule has 1 aromatic carbocycles. The summed E-state index contributed by atoms with van der Waals surface area (Å²) in [7, 11) is 4.18. The molecule has 1 heterocycles. The normalized spacial score (nSPS) is 11.2. The molecule has 0 radical (unpaired) electrons. The second-order valence-electron chi connectivity index (χ2n) is 7.23.